The third-order valence-electron chi connectivity index (χ3n) is 2.81. The van der Waals surface area contributed by atoms with E-state index in [-0.39, 0.29) is 0 Å². The van der Waals surface area contributed by atoms with Crippen LogP contribution < -0.4 is 10.6 Å². The fourth-order valence-corrected chi connectivity index (χ4v) is 3.65. The molecule has 0 aliphatic heterocycles. The van der Waals surface area contributed by atoms with Gasteiger partial charge in [0.25, 0.3) is 0 Å². The fourth-order valence-electron chi connectivity index (χ4n) is 1.86. The van der Waals surface area contributed by atoms with E-state index >= 15 is 0 Å². The zero-order valence-electron chi connectivity index (χ0n) is 9.77. The van der Waals surface area contributed by atoms with Gasteiger partial charge in [-0.1, -0.05) is 48.5 Å². The summed E-state index contributed by atoms with van der Waals surface area (Å²) >= 11 is 0. The van der Waals surface area contributed by atoms with E-state index in [1.807, 2.05) is 0 Å². The van der Waals surface area contributed by atoms with E-state index in [1.165, 1.54) is 21.7 Å². The first-order valence-electron chi connectivity index (χ1n) is 5.42. The van der Waals surface area contributed by atoms with Crippen LogP contribution in [0.5, 0.6) is 0 Å². The summed E-state index contributed by atoms with van der Waals surface area (Å²) in [7, 11) is -0.462. The van der Waals surface area contributed by atoms with E-state index in [1.54, 1.807) is 0 Å². The third kappa shape index (κ3) is 2.18. The van der Waals surface area contributed by atoms with Crippen LogP contribution in [0.25, 0.3) is 0 Å². The highest BCUT2D eigenvalue weighted by Gasteiger charge is 2.11. The van der Waals surface area contributed by atoms with Gasteiger partial charge in [0.05, 0.1) is 0 Å². The van der Waals surface area contributed by atoms with Crippen LogP contribution in [0.3, 0.4) is 0 Å². The zero-order chi connectivity index (χ0) is 11.5. The van der Waals surface area contributed by atoms with E-state index < -0.39 is 7.92 Å². The van der Waals surface area contributed by atoms with E-state index in [9.17, 15) is 0 Å². The van der Waals surface area contributed by atoms with Crippen molar-refractivity contribution in [3.05, 3.63) is 66.3 Å². The van der Waals surface area contributed by atoms with E-state index in [2.05, 4.69) is 69.0 Å². The van der Waals surface area contributed by atoms with Crippen molar-refractivity contribution in [3.8, 4) is 0 Å². The van der Waals surface area contributed by atoms with Crippen LogP contribution in [0.4, 0.5) is 0 Å². The lowest BCUT2D eigenvalue weighted by Gasteiger charge is -2.17. The maximum Gasteiger partial charge on any atom is -0.0166 e. The molecule has 0 bridgehead atoms. The van der Waals surface area contributed by atoms with E-state index in [4.69, 9.17) is 0 Å². The molecule has 0 heterocycles. The molecule has 0 saturated heterocycles. The van der Waals surface area contributed by atoms with Crippen molar-refractivity contribution < 1.29 is 0 Å². The Balaban J connectivity index is 2.44. The average molecular weight is 227 g/mol. The molecule has 0 amide bonds. The summed E-state index contributed by atoms with van der Waals surface area (Å²) < 4.78 is 0. The Morgan fingerprint density at radius 3 is 1.50 bits per heavy atom. The first-order valence-corrected chi connectivity index (χ1v) is 6.95. The van der Waals surface area contributed by atoms with Gasteiger partial charge in [-0.25, -0.2) is 0 Å². The molecule has 2 aromatic carbocycles. The van der Waals surface area contributed by atoms with Gasteiger partial charge in [-0.3, -0.25) is 0 Å². The van der Waals surface area contributed by atoms with Crippen LogP contribution in [0.2, 0.25) is 0 Å². The molecule has 0 atom stereocenters. The van der Waals surface area contributed by atoms with Crippen molar-refractivity contribution >= 4 is 18.5 Å². The Bertz CT molecular complexity index is 443. The summed E-state index contributed by atoms with van der Waals surface area (Å²) in [6, 6.07) is 17.1. The van der Waals surface area contributed by atoms with Gasteiger partial charge < -0.3 is 0 Å². The summed E-state index contributed by atoms with van der Waals surface area (Å²) in [5.74, 6) is 0. The normalized spacial score (nSPS) is 10.8. The number of benzene rings is 2. The van der Waals surface area contributed by atoms with Gasteiger partial charge in [-0.2, -0.15) is 0 Å². The Morgan fingerprint density at radius 1 is 0.750 bits per heavy atom. The molecule has 0 nitrogen and oxygen atoms in total. The Hall–Kier alpha value is -1.13. The fraction of sp³-hybridized carbons (Fsp3) is 0.133. The van der Waals surface area contributed by atoms with Crippen molar-refractivity contribution in [1.29, 1.82) is 0 Å². The monoisotopic (exact) mass is 227 g/mol. The smallest absolute Gasteiger partial charge is 0.0166 e. The van der Waals surface area contributed by atoms with Crippen molar-refractivity contribution in [3.63, 3.8) is 0 Å². The van der Waals surface area contributed by atoms with E-state index in [0.717, 1.165) is 0 Å². The molecule has 2 rings (SSSR count). The number of hydrogen-bond acceptors (Lipinski definition) is 0. The van der Waals surface area contributed by atoms with Crippen LogP contribution in [0.1, 0.15) is 11.1 Å². The molecular formula is C15H16P. The van der Waals surface area contributed by atoms with E-state index in [0.29, 0.717) is 0 Å². The minimum Gasteiger partial charge on any atom is -0.0620 e. The quantitative estimate of drug-likeness (QED) is 0.688. The molecule has 81 valence electrons. The third-order valence-corrected chi connectivity index (χ3v) is 4.98. The lowest BCUT2D eigenvalue weighted by molar-refractivity contribution is 1.50. The predicted molar refractivity (Wildman–Crippen MR) is 73.9 cm³/mol. The molecule has 2 aromatic rings. The molecular weight excluding hydrogens is 211 g/mol. The molecule has 0 aromatic heterocycles. The maximum absolute atomic E-state index is 4.36. The van der Waals surface area contributed by atoms with Crippen molar-refractivity contribution in [1.82, 2.24) is 0 Å². The number of rotatable bonds is 2. The van der Waals surface area contributed by atoms with Gasteiger partial charge in [0.15, 0.2) is 0 Å². The zero-order valence-corrected chi connectivity index (χ0v) is 10.7. The Kier molecular flexibility index (Phi) is 3.41. The predicted octanol–water partition coefficient (Wildman–Crippen LogP) is 3.53. The van der Waals surface area contributed by atoms with Gasteiger partial charge in [0.1, 0.15) is 0 Å². The summed E-state index contributed by atoms with van der Waals surface area (Å²) in [4.78, 5) is 0. The van der Waals surface area contributed by atoms with Crippen molar-refractivity contribution in [2.45, 2.75) is 13.8 Å². The summed E-state index contributed by atoms with van der Waals surface area (Å²) in [5.41, 5.74) is 2.68. The number of aryl methyl sites for hydroxylation is 2. The lowest BCUT2D eigenvalue weighted by atomic mass is 10.2. The van der Waals surface area contributed by atoms with Crippen molar-refractivity contribution in [2.75, 3.05) is 0 Å². The van der Waals surface area contributed by atoms with Crippen LogP contribution in [-0.4, -0.2) is 0 Å². The highest BCUT2D eigenvalue weighted by molar-refractivity contribution is 7.74. The molecule has 0 saturated carbocycles. The first kappa shape index (κ1) is 11.4. The van der Waals surface area contributed by atoms with Gasteiger partial charge >= 0.3 is 0 Å². The summed E-state index contributed by atoms with van der Waals surface area (Å²) in [6.45, 7) is 8.69. The van der Waals surface area contributed by atoms with Crippen LogP contribution in [0, 0.1) is 20.5 Å². The second kappa shape index (κ2) is 4.80. The molecule has 0 fully saturated rings. The average Bonchev–Trinajstić information content (AvgIpc) is 2.29. The summed E-state index contributed by atoms with van der Waals surface area (Å²) in [6.07, 6.45) is 0. The van der Waals surface area contributed by atoms with Crippen molar-refractivity contribution in [2.24, 2.45) is 0 Å². The molecule has 0 N–H and O–H groups in total. The highest BCUT2D eigenvalue weighted by Crippen LogP contribution is 2.33. The minimum absolute atomic E-state index is 0.462. The molecule has 16 heavy (non-hydrogen) atoms. The minimum atomic E-state index is -0.462. The van der Waals surface area contributed by atoms with Crippen LogP contribution in [0.15, 0.2) is 48.5 Å². The SMILES string of the molecule is [CH2]P(c1ccccc1C)c1ccccc1C. The molecule has 0 aliphatic carbocycles. The second-order valence-corrected chi connectivity index (χ2v) is 5.82. The molecule has 0 aliphatic rings. The molecule has 1 heteroatoms. The van der Waals surface area contributed by atoms with Crippen LogP contribution in [-0.2, 0) is 0 Å². The first-order chi connectivity index (χ1) is 7.70. The van der Waals surface area contributed by atoms with Crippen LogP contribution >= 0.6 is 7.92 Å². The topological polar surface area (TPSA) is 0 Å². The maximum atomic E-state index is 4.36. The standard InChI is InChI=1S/C15H16P/c1-12-8-4-6-10-14(12)16(3)15-11-7-5-9-13(15)2/h4-11H,3H2,1-2H3. The van der Waals surface area contributed by atoms with Gasteiger partial charge in [-0.15, -0.1) is 0 Å². The van der Waals surface area contributed by atoms with Gasteiger partial charge in [-0.05, 0) is 50.2 Å². The second-order valence-electron chi connectivity index (χ2n) is 4.00. The molecule has 1 radical (unpaired) electrons. The Morgan fingerprint density at radius 2 is 1.12 bits per heavy atom. The lowest BCUT2D eigenvalue weighted by Crippen LogP contribution is -2.14. The number of hydrogen-bond donors (Lipinski definition) is 0. The van der Waals surface area contributed by atoms with Gasteiger partial charge in [0, 0.05) is 0 Å². The summed E-state index contributed by atoms with van der Waals surface area (Å²) in [5, 5.41) is 2.76. The Labute approximate surface area is 99.1 Å². The molecule has 0 unspecified atom stereocenters. The highest BCUT2D eigenvalue weighted by atomic mass is 31.1. The molecule has 0 spiro atoms. The van der Waals surface area contributed by atoms with Gasteiger partial charge in [0.2, 0.25) is 0 Å². The largest absolute Gasteiger partial charge is 0.0620 e.